The lowest BCUT2D eigenvalue weighted by Gasteiger charge is -2.39. The minimum atomic E-state index is -2.62. The van der Waals surface area contributed by atoms with Crippen LogP contribution in [0.1, 0.15) is 26.7 Å². The highest BCUT2D eigenvalue weighted by Gasteiger charge is 2.50. The van der Waals surface area contributed by atoms with Crippen LogP contribution in [0, 0.1) is 17.8 Å². The van der Waals surface area contributed by atoms with E-state index >= 15 is 0 Å². The second-order valence-electron chi connectivity index (χ2n) is 4.13. The average molecular weight is 192 g/mol. The SMILES string of the molecule is CC(C)C(C(=O)O)C1CC(F)(F)C1. The largest absolute Gasteiger partial charge is 0.481 e. The Bertz CT molecular complexity index is 206. The van der Waals surface area contributed by atoms with E-state index in [1.165, 1.54) is 0 Å². The lowest BCUT2D eigenvalue weighted by Crippen LogP contribution is -2.43. The summed E-state index contributed by atoms with van der Waals surface area (Å²) in [6, 6.07) is 0. The van der Waals surface area contributed by atoms with E-state index in [9.17, 15) is 13.6 Å². The number of carboxylic acid groups (broad SMARTS) is 1. The molecule has 1 saturated carbocycles. The predicted octanol–water partition coefficient (Wildman–Crippen LogP) is 2.39. The van der Waals surface area contributed by atoms with Gasteiger partial charge in [0.15, 0.2) is 0 Å². The maximum Gasteiger partial charge on any atom is 0.307 e. The molecule has 76 valence electrons. The first-order chi connectivity index (χ1) is 5.83. The van der Waals surface area contributed by atoms with E-state index in [1.54, 1.807) is 13.8 Å². The summed E-state index contributed by atoms with van der Waals surface area (Å²) in [7, 11) is 0. The number of alkyl halides is 2. The van der Waals surface area contributed by atoms with E-state index in [0.717, 1.165) is 0 Å². The molecule has 0 aromatic carbocycles. The molecular weight excluding hydrogens is 178 g/mol. The summed E-state index contributed by atoms with van der Waals surface area (Å²) in [5.74, 6) is -4.59. The van der Waals surface area contributed by atoms with E-state index in [4.69, 9.17) is 5.11 Å². The molecule has 1 unspecified atom stereocenters. The van der Waals surface area contributed by atoms with Gasteiger partial charge in [0.1, 0.15) is 0 Å². The number of hydrogen-bond acceptors (Lipinski definition) is 1. The van der Waals surface area contributed by atoms with Crippen molar-refractivity contribution in [3.63, 3.8) is 0 Å². The fourth-order valence-corrected chi connectivity index (χ4v) is 1.99. The van der Waals surface area contributed by atoms with Crippen molar-refractivity contribution in [3.05, 3.63) is 0 Å². The minimum absolute atomic E-state index is 0.0707. The van der Waals surface area contributed by atoms with Crippen LogP contribution in [0.2, 0.25) is 0 Å². The molecule has 0 amide bonds. The molecule has 2 nitrogen and oxygen atoms in total. The molecule has 1 atom stereocenters. The zero-order chi connectivity index (χ0) is 10.2. The molecule has 0 aliphatic heterocycles. The van der Waals surface area contributed by atoms with Gasteiger partial charge in [-0.1, -0.05) is 13.8 Å². The van der Waals surface area contributed by atoms with Gasteiger partial charge in [-0.05, 0) is 11.8 Å². The first-order valence-corrected chi connectivity index (χ1v) is 4.44. The van der Waals surface area contributed by atoms with Crippen LogP contribution in [0.3, 0.4) is 0 Å². The van der Waals surface area contributed by atoms with E-state index in [1.807, 2.05) is 0 Å². The molecule has 1 fully saturated rings. The van der Waals surface area contributed by atoms with E-state index in [2.05, 4.69) is 0 Å². The van der Waals surface area contributed by atoms with Gasteiger partial charge in [-0.3, -0.25) is 4.79 Å². The Morgan fingerprint density at radius 1 is 1.46 bits per heavy atom. The van der Waals surface area contributed by atoms with Crippen molar-refractivity contribution in [2.75, 3.05) is 0 Å². The van der Waals surface area contributed by atoms with Crippen molar-refractivity contribution in [1.29, 1.82) is 0 Å². The van der Waals surface area contributed by atoms with Crippen molar-refractivity contribution in [1.82, 2.24) is 0 Å². The van der Waals surface area contributed by atoms with Gasteiger partial charge in [-0.15, -0.1) is 0 Å². The van der Waals surface area contributed by atoms with Crippen molar-refractivity contribution >= 4 is 5.97 Å². The molecule has 0 radical (unpaired) electrons. The van der Waals surface area contributed by atoms with Crippen LogP contribution in [-0.2, 0) is 4.79 Å². The summed E-state index contributed by atoms with van der Waals surface area (Å²) in [6.07, 6.45) is -0.524. The van der Waals surface area contributed by atoms with Crippen LogP contribution in [0.15, 0.2) is 0 Å². The Kier molecular flexibility index (Phi) is 2.59. The Morgan fingerprint density at radius 3 is 2.15 bits per heavy atom. The van der Waals surface area contributed by atoms with Crippen LogP contribution in [0.25, 0.3) is 0 Å². The number of carbonyl (C=O) groups is 1. The smallest absolute Gasteiger partial charge is 0.307 e. The summed E-state index contributed by atoms with van der Waals surface area (Å²) in [6.45, 7) is 3.52. The Labute approximate surface area is 75.9 Å². The average Bonchev–Trinajstić information content (AvgIpc) is 1.80. The number of halogens is 2. The molecular formula is C9H14F2O2. The van der Waals surface area contributed by atoms with Gasteiger partial charge in [0, 0.05) is 12.8 Å². The molecule has 0 aromatic rings. The van der Waals surface area contributed by atoms with Gasteiger partial charge < -0.3 is 5.11 Å². The molecule has 0 saturated heterocycles. The number of hydrogen-bond donors (Lipinski definition) is 1. The third kappa shape index (κ3) is 2.17. The molecule has 0 heterocycles. The summed E-state index contributed by atoms with van der Waals surface area (Å²) in [5, 5.41) is 8.80. The second kappa shape index (κ2) is 3.24. The lowest BCUT2D eigenvalue weighted by atomic mass is 9.69. The van der Waals surface area contributed by atoms with Gasteiger partial charge in [-0.25, -0.2) is 8.78 Å². The molecule has 13 heavy (non-hydrogen) atoms. The summed E-state index contributed by atoms with van der Waals surface area (Å²) in [4.78, 5) is 10.7. The highest BCUT2D eigenvalue weighted by molar-refractivity contribution is 5.70. The molecule has 4 heteroatoms. The number of aliphatic carboxylic acids is 1. The molecule has 1 N–H and O–H groups in total. The molecule has 1 aliphatic rings. The monoisotopic (exact) mass is 192 g/mol. The quantitative estimate of drug-likeness (QED) is 0.745. The minimum Gasteiger partial charge on any atom is -0.481 e. The van der Waals surface area contributed by atoms with Crippen molar-refractivity contribution < 1.29 is 18.7 Å². The topological polar surface area (TPSA) is 37.3 Å². The fourth-order valence-electron chi connectivity index (χ4n) is 1.99. The Balaban J connectivity index is 2.55. The molecule has 1 aliphatic carbocycles. The molecule has 0 bridgehead atoms. The van der Waals surface area contributed by atoms with Gasteiger partial charge in [-0.2, -0.15) is 0 Å². The highest BCUT2D eigenvalue weighted by Crippen LogP contribution is 2.47. The van der Waals surface area contributed by atoms with Crippen LogP contribution in [0.5, 0.6) is 0 Å². The van der Waals surface area contributed by atoms with Crippen molar-refractivity contribution in [2.24, 2.45) is 17.8 Å². The molecule has 1 rings (SSSR count). The van der Waals surface area contributed by atoms with E-state index in [0.29, 0.717) is 0 Å². The van der Waals surface area contributed by atoms with Crippen molar-refractivity contribution in [2.45, 2.75) is 32.6 Å². The van der Waals surface area contributed by atoms with Gasteiger partial charge in [0.05, 0.1) is 5.92 Å². The van der Waals surface area contributed by atoms with Crippen LogP contribution >= 0.6 is 0 Å². The number of rotatable bonds is 3. The van der Waals surface area contributed by atoms with Gasteiger partial charge >= 0.3 is 5.97 Å². The maximum absolute atomic E-state index is 12.5. The second-order valence-corrected chi connectivity index (χ2v) is 4.13. The van der Waals surface area contributed by atoms with Gasteiger partial charge in [0.2, 0.25) is 5.92 Å². The standard InChI is InChI=1S/C9H14F2O2/c1-5(2)7(8(12)13)6-3-9(10,11)4-6/h5-7H,3-4H2,1-2H3,(H,12,13). The van der Waals surface area contributed by atoms with E-state index < -0.39 is 17.8 Å². The first-order valence-electron chi connectivity index (χ1n) is 4.44. The highest BCUT2D eigenvalue weighted by atomic mass is 19.3. The zero-order valence-corrected chi connectivity index (χ0v) is 7.76. The van der Waals surface area contributed by atoms with Gasteiger partial charge in [0.25, 0.3) is 0 Å². The van der Waals surface area contributed by atoms with E-state index in [-0.39, 0.29) is 24.7 Å². The summed E-state index contributed by atoms with van der Waals surface area (Å²) < 4.78 is 25.0. The molecule has 0 aromatic heterocycles. The predicted molar refractivity (Wildman–Crippen MR) is 43.6 cm³/mol. The van der Waals surface area contributed by atoms with Crippen LogP contribution < -0.4 is 0 Å². The summed E-state index contributed by atoms with van der Waals surface area (Å²) in [5.41, 5.74) is 0. The maximum atomic E-state index is 12.5. The van der Waals surface area contributed by atoms with Crippen molar-refractivity contribution in [3.8, 4) is 0 Å². The fraction of sp³-hybridized carbons (Fsp3) is 0.889. The molecule has 0 spiro atoms. The van der Waals surface area contributed by atoms with Crippen LogP contribution in [0.4, 0.5) is 8.78 Å². The number of carboxylic acids is 1. The first kappa shape index (κ1) is 10.4. The zero-order valence-electron chi connectivity index (χ0n) is 7.76. The lowest BCUT2D eigenvalue weighted by molar-refractivity contribution is -0.162. The Hall–Kier alpha value is -0.670. The van der Waals surface area contributed by atoms with Crippen LogP contribution in [-0.4, -0.2) is 17.0 Å². The normalized spacial score (nSPS) is 24.1. The third-order valence-electron chi connectivity index (χ3n) is 2.63. The summed E-state index contributed by atoms with van der Waals surface area (Å²) >= 11 is 0. The third-order valence-corrected chi connectivity index (χ3v) is 2.63. The Morgan fingerprint density at radius 2 is 1.92 bits per heavy atom.